The van der Waals surface area contributed by atoms with Crippen molar-refractivity contribution in [1.82, 2.24) is 0 Å². The minimum atomic E-state index is -3.54. The van der Waals surface area contributed by atoms with Crippen LogP contribution in [0.1, 0.15) is 40.0 Å². The number of rotatable bonds is 9. The summed E-state index contributed by atoms with van der Waals surface area (Å²) in [5.41, 5.74) is 0. The smallest absolute Gasteiger partial charge is 0.328 e. The van der Waals surface area contributed by atoms with E-state index in [4.69, 9.17) is 9.26 Å². The van der Waals surface area contributed by atoms with Gasteiger partial charge in [0.05, 0.1) is 25.3 Å². The average molecular weight is 266 g/mol. The summed E-state index contributed by atoms with van der Waals surface area (Å²) in [4.78, 5) is 21.0. The summed E-state index contributed by atoms with van der Waals surface area (Å²) in [6.45, 7) is 5.91. The Labute approximate surface area is 103 Å². The third-order valence-electron chi connectivity index (χ3n) is 2.35. The number of carbonyl (C=O) groups excluding carboxylic acids is 1. The summed E-state index contributed by atoms with van der Waals surface area (Å²) in [6, 6.07) is 0. The van der Waals surface area contributed by atoms with Crippen LogP contribution in [0.2, 0.25) is 0 Å². The quantitative estimate of drug-likeness (QED) is 0.513. The maximum Gasteiger partial charge on any atom is 0.328 e. The highest BCUT2D eigenvalue weighted by Crippen LogP contribution is 2.43. The summed E-state index contributed by atoms with van der Waals surface area (Å²) in [6.07, 6.45) is 1.85. The maximum atomic E-state index is 11.6. The van der Waals surface area contributed by atoms with Crippen LogP contribution in [0.3, 0.4) is 0 Å². The fourth-order valence-electron chi connectivity index (χ4n) is 1.57. The zero-order valence-corrected chi connectivity index (χ0v) is 11.7. The Morgan fingerprint density at radius 2 is 1.88 bits per heavy atom. The third-order valence-corrected chi connectivity index (χ3v) is 3.83. The Bertz CT molecular complexity index is 267. The van der Waals surface area contributed by atoms with E-state index in [1.807, 2.05) is 6.92 Å². The Balaban J connectivity index is 4.26. The lowest BCUT2D eigenvalue weighted by Crippen LogP contribution is -2.19. The Kier molecular flexibility index (Phi) is 8.48. The largest absolute Gasteiger partial charge is 0.466 e. The second-order valence-corrected chi connectivity index (χ2v) is 5.79. The summed E-state index contributed by atoms with van der Waals surface area (Å²) in [7, 11) is -3.54. The van der Waals surface area contributed by atoms with Gasteiger partial charge in [0.25, 0.3) is 0 Å². The van der Waals surface area contributed by atoms with E-state index in [9.17, 15) is 14.3 Å². The molecule has 2 unspecified atom stereocenters. The van der Waals surface area contributed by atoms with E-state index in [0.29, 0.717) is 19.4 Å². The van der Waals surface area contributed by atoms with Crippen molar-refractivity contribution < 1.29 is 23.5 Å². The van der Waals surface area contributed by atoms with Gasteiger partial charge in [-0.25, -0.2) is 0 Å². The zero-order chi connectivity index (χ0) is 13.3. The van der Waals surface area contributed by atoms with E-state index < -0.39 is 7.60 Å². The molecule has 5 nitrogen and oxygen atoms in total. The highest BCUT2D eigenvalue weighted by atomic mass is 31.2. The molecule has 0 aliphatic heterocycles. The second-order valence-electron chi connectivity index (χ2n) is 3.81. The Hall–Kier alpha value is -0.380. The minimum Gasteiger partial charge on any atom is -0.466 e. The van der Waals surface area contributed by atoms with Gasteiger partial charge in [-0.05, 0) is 26.7 Å². The predicted molar refractivity (Wildman–Crippen MR) is 66.0 cm³/mol. The minimum absolute atomic E-state index is 0.00429. The van der Waals surface area contributed by atoms with Crippen LogP contribution in [0.15, 0.2) is 0 Å². The number of ether oxygens (including phenoxy) is 1. The molecule has 102 valence electrons. The molecule has 0 saturated heterocycles. The number of esters is 1. The molecule has 0 rings (SSSR count). The molecule has 0 heterocycles. The van der Waals surface area contributed by atoms with Crippen molar-refractivity contribution in [2.24, 2.45) is 5.92 Å². The Morgan fingerprint density at radius 1 is 1.24 bits per heavy atom. The van der Waals surface area contributed by atoms with Gasteiger partial charge in [0.1, 0.15) is 0 Å². The monoisotopic (exact) mass is 266 g/mol. The fourth-order valence-corrected chi connectivity index (χ4v) is 2.74. The van der Waals surface area contributed by atoms with Crippen molar-refractivity contribution in [3.05, 3.63) is 0 Å². The molecule has 0 aromatic heterocycles. The van der Waals surface area contributed by atoms with E-state index in [1.54, 1.807) is 13.8 Å². The first-order valence-electron chi connectivity index (χ1n) is 6.09. The molecule has 2 atom stereocenters. The molecule has 17 heavy (non-hydrogen) atoms. The zero-order valence-electron chi connectivity index (χ0n) is 10.8. The van der Waals surface area contributed by atoms with E-state index in [0.717, 1.165) is 6.42 Å². The topological polar surface area (TPSA) is 72.8 Å². The van der Waals surface area contributed by atoms with Gasteiger partial charge >= 0.3 is 13.6 Å². The molecule has 0 saturated carbocycles. The van der Waals surface area contributed by atoms with Gasteiger partial charge in [-0.1, -0.05) is 13.3 Å². The fraction of sp³-hybridized carbons (Fsp3) is 0.909. The lowest BCUT2D eigenvalue weighted by molar-refractivity contribution is -0.148. The molecule has 0 bridgehead atoms. The number of hydrogen-bond acceptors (Lipinski definition) is 4. The van der Waals surface area contributed by atoms with Crippen molar-refractivity contribution >= 4 is 13.6 Å². The van der Waals surface area contributed by atoms with E-state index in [-0.39, 0.29) is 24.7 Å². The molecule has 0 fully saturated rings. The SMILES string of the molecule is CCCC(CCP(=O)(O)OCC)C(=O)OCC. The molecular formula is C11H23O5P. The van der Waals surface area contributed by atoms with Crippen molar-refractivity contribution in [2.75, 3.05) is 19.4 Å². The average Bonchev–Trinajstić information content (AvgIpc) is 2.24. The van der Waals surface area contributed by atoms with Gasteiger partial charge in [-0.3, -0.25) is 9.36 Å². The highest BCUT2D eigenvalue weighted by molar-refractivity contribution is 7.52. The normalized spacial score (nSPS) is 16.2. The van der Waals surface area contributed by atoms with Gasteiger partial charge in [-0.15, -0.1) is 0 Å². The summed E-state index contributed by atoms with van der Waals surface area (Å²) >= 11 is 0. The molecular weight excluding hydrogens is 243 g/mol. The molecule has 0 aliphatic carbocycles. The van der Waals surface area contributed by atoms with Gasteiger partial charge in [0.15, 0.2) is 0 Å². The van der Waals surface area contributed by atoms with Gasteiger partial charge in [-0.2, -0.15) is 0 Å². The summed E-state index contributed by atoms with van der Waals surface area (Å²) in [5, 5.41) is 0. The standard InChI is InChI=1S/C11H23O5P/c1-4-7-10(11(12)15-5-2)8-9-17(13,14)16-6-3/h10H,4-9H2,1-3H3,(H,13,14). The molecule has 1 N–H and O–H groups in total. The lowest BCUT2D eigenvalue weighted by Gasteiger charge is -2.16. The van der Waals surface area contributed by atoms with Crippen molar-refractivity contribution in [3.63, 3.8) is 0 Å². The third kappa shape index (κ3) is 7.53. The summed E-state index contributed by atoms with van der Waals surface area (Å²) in [5.74, 6) is -0.591. The summed E-state index contributed by atoms with van der Waals surface area (Å²) < 4.78 is 21.2. The first-order chi connectivity index (χ1) is 7.96. The van der Waals surface area contributed by atoms with Crippen LogP contribution in [0.5, 0.6) is 0 Å². The Morgan fingerprint density at radius 3 is 2.35 bits per heavy atom. The molecule has 0 aliphatic rings. The lowest BCUT2D eigenvalue weighted by atomic mass is 10.0. The van der Waals surface area contributed by atoms with Gasteiger partial charge in [0, 0.05) is 0 Å². The van der Waals surface area contributed by atoms with Crippen molar-refractivity contribution in [2.45, 2.75) is 40.0 Å². The number of carbonyl (C=O) groups is 1. The first-order valence-corrected chi connectivity index (χ1v) is 7.86. The molecule has 0 aromatic carbocycles. The number of hydrogen-bond donors (Lipinski definition) is 1. The van der Waals surface area contributed by atoms with Crippen LogP contribution < -0.4 is 0 Å². The van der Waals surface area contributed by atoms with Crippen LogP contribution in [-0.4, -0.2) is 30.2 Å². The van der Waals surface area contributed by atoms with Crippen LogP contribution >= 0.6 is 7.60 Å². The molecule has 6 heteroatoms. The maximum absolute atomic E-state index is 11.6. The van der Waals surface area contributed by atoms with Gasteiger partial charge < -0.3 is 14.2 Å². The molecule has 0 aromatic rings. The molecule has 0 amide bonds. The molecule has 0 radical (unpaired) electrons. The van der Waals surface area contributed by atoms with Crippen LogP contribution in [0.4, 0.5) is 0 Å². The van der Waals surface area contributed by atoms with E-state index in [2.05, 4.69) is 0 Å². The van der Waals surface area contributed by atoms with Crippen molar-refractivity contribution in [3.8, 4) is 0 Å². The van der Waals surface area contributed by atoms with Crippen LogP contribution in [0, 0.1) is 5.92 Å². The van der Waals surface area contributed by atoms with E-state index in [1.165, 1.54) is 0 Å². The highest BCUT2D eigenvalue weighted by Gasteiger charge is 2.25. The first kappa shape index (κ1) is 16.6. The van der Waals surface area contributed by atoms with Crippen LogP contribution in [0.25, 0.3) is 0 Å². The van der Waals surface area contributed by atoms with Crippen LogP contribution in [-0.2, 0) is 18.6 Å². The molecule has 0 spiro atoms. The second kappa shape index (κ2) is 8.67. The van der Waals surface area contributed by atoms with E-state index >= 15 is 0 Å². The van der Waals surface area contributed by atoms with Gasteiger partial charge in [0.2, 0.25) is 0 Å². The predicted octanol–water partition coefficient (Wildman–Crippen LogP) is 2.58. The van der Waals surface area contributed by atoms with Crippen molar-refractivity contribution in [1.29, 1.82) is 0 Å².